The molecule has 0 aliphatic rings. The second-order valence-corrected chi connectivity index (χ2v) is 5.17. The van der Waals surface area contributed by atoms with Crippen molar-refractivity contribution in [3.05, 3.63) is 30.1 Å². The van der Waals surface area contributed by atoms with Gasteiger partial charge < -0.3 is 0 Å². The van der Waals surface area contributed by atoms with Gasteiger partial charge in [-0.05, 0) is 18.4 Å². The van der Waals surface area contributed by atoms with Gasteiger partial charge in [-0.25, -0.2) is 4.57 Å². The topological polar surface area (TPSA) is 58.2 Å². The molecule has 1 heterocycles. The summed E-state index contributed by atoms with van der Waals surface area (Å²) in [5.74, 6) is 0. The first-order chi connectivity index (χ1) is 7.33. The summed E-state index contributed by atoms with van der Waals surface area (Å²) in [5, 5.41) is 0. The van der Waals surface area contributed by atoms with E-state index in [0.717, 1.165) is 0 Å². The molecule has 0 amide bonds. The molecule has 4 nitrogen and oxygen atoms in total. The Labute approximate surface area is 97.7 Å². The molecule has 16 heavy (non-hydrogen) atoms. The first kappa shape index (κ1) is 15.1. The maximum absolute atomic E-state index is 9.19. The highest BCUT2D eigenvalue weighted by Gasteiger charge is 1.93. The predicted molar refractivity (Wildman–Crippen MR) is 63.7 cm³/mol. The number of aromatic nitrogens is 1. The second-order valence-electron chi connectivity index (χ2n) is 3.71. The van der Waals surface area contributed by atoms with Crippen molar-refractivity contribution in [3.63, 3.8) is 0 Å². The summed E-state index contributed by atoms with van der Waals surface area (Å²) >= 11 is 0. The lowest BCUT2D eigenvalue weighted by atomic mass is 10.1. The first-order valence-corrected chi connectivity index (χ1v) is 7.04. The van der Waals surface area contributed by atoms with Gasteiger partial charge in [0.1, 0.15) is 7.05 Å². The van der Waals surface area contributed by atoms with Gasteiger partial charge in [0.2, 0.25) is 0 Å². The third-order valence-electron chi connectivity index (χ3n) is 1.87. The molecule has 5 heteroatoms. The summed E-state index contributed by atoms with van der Waals surface area (Å²) in [4.78, 5) is 0. The zero-order chi connectivity index (χ0) is 12.6. The van der Waals surface area contributed by atoms with Gasteiger partial charge in [0.05, 0.1) is 6.26 Å². The van der Waals surface area contributed by atoms with E-state index in [9.17, 15) is 8.42 Å². The fourth-order valence-electron chi connectivity index (χ4n) is 1.08. The fraction of sp³-hybridized carbons (Fsp3) is 0.545. The highest BCUT2D eigenvalue weighted by Crippen LogP contribution is 2.01. The molecule has 1 aromatic rings. The minimum Gasteiger partial charge on any atom is -0.286 e. The molecule has 0 saturated carbocycles. The molecule has 0 aliphatic heterocycles. The Morgan fingerprint density at radius 3 is 2.12 bits per heavy atom. The summed E-state index contributed by atoms with van der Waals surface area (Å²) in [5.41, 5.74) is 1.45. The van der Waals surface area contributed by atoms with E-state index < -0.39 is 10.1 Å². The molecule has 0 spiro atoms. The Morgan fingerprint density at radius 2 is 1.75 bits per heavy atom. The van der Waals surface area contributed by atoms with Crippen molar-refractivity contribution in [2.75, 3.05) is 6.26 Å². The van der Waals surface area contributed by atoms with Crippen molar-refractivity contribution in [1.29, 1.82) is 0 Å². The Kier molecular flexibility index (Phi) is 6.92. The van der Waals surface area contributed by atoms with Crippen molar-refractivity contribution < 1.29 is 17.5 Å². The summed E-state index contributed by atoms with van der Waals surface area (Å²) in [6.07, 6.45) is 8.72. The molecular weight excluding hydrogens is 226 g/mol. The average molecular weight is 246 g/mol. The zero-order valence-corrected chi connectivity index (χ0v) is 10.9. The Hall–Kier alpha value is -0.940. The molecule has 0 unspecified atom stereocenters. The average Bonchev–Trinajstić information content (AvgIpc) is 2.14. The summed E-state index contributed by atoms with van der Waals surface area (Å²) in [6.45, 7) is 2.23. The van der Waals surface area contributed by atoms with Crippen molar-refractivity contribution in [1.82, 2.24) is 0 Å². The molecule has 0 fully saturated rings. The molecular formula is C11H20NO3S+. The number of aryl methyl sites for hydroxylation is 2. The lowest BCUT2D eigenvalue weighted by Gasteiger charge is -1.96. The van der Waals surface area contributed by atoms with Crippen molar-refractivity contribution in [2.24, 2.45) is 7.05 Å². The maximum atomic E-state index is 9.19. The van der Waals surface area contributed by atoms with Crippen LogP contribution in [0.4, 0.5) is 0 Å². The number of rotatable bonds is 3. The summed E-state index contributed by atoms with van der Waals surface area (Å²) in [6, 6.07) is 4.38. The fourth-order valence-corrected chi connectivity index (χ4v) is 1.08. The lowest BCUT2D eigenvalue weighted by Crippen LogP contribution is -2.25. The standard InChI is InChI=1S/C10H16N.CH4O3S/c1-3-4-5-10-6-8-11(2)9-7-10;1-5(2,3)4/h6-9H,3-5H2,1-2H3;1H3,(H,2,3,4)/q+1;. The van der Waals surface area contributed by atoms with E-state index in [2.05, 4.69) is 36.0 Å². The molecule has 0 atom stereocenters. The summed E-state index contributed by atoms with van der Waals surface area (Å²) in [7, 11) is -1.62. The number of nitrogens with zero attached hydrogens (tertiary/aromatic N) is 1. The molecule has 1 N–H and O–H groups in total. The molecule has 1 aromatic heterocycles. The van der Waals surface area contributed by atoms with E-state index in [4.69, 9.17) is 4.55 Å². The SMILES string of the molecule is CCCCc1cc[n+](C)cc1.CS(=O)(=O)O. The van der Waals surface area contributed by atoms with Crippen LogP contribution in [0.25, 0.3) is 0 Å². The highest BCUT2D eigenvalue weighted by molar-refractivity contribution is 7.85. The monoisotopic (exact) mass is 246 g/mol. The van der Waals surface area contributed by atoms with Crippen LogP contribution in [0.5, 0.6) is 0 Å². The van der Waals surface area contributed by atoms with Gasteiger partial charge >= 0.3 is 0 Å². The van der Waals surface area contributed by atoms with Gasteiger partial charge in [0.25, 0.3) is 10.1 Å². The van der Waals surface area contributed by atoms with Gasteiger partial charge in [-0.2, -0.15) is 8.42 Å². The van der Waals surface area contributed by atoms with Crippen LogP contribution in [-0.4, -0.2) is 19.2 Å². The van der Waals surface area contributed by atoms with Crippen molar-refractivity contribution >= 4 is 10.1 Å². The van der Waals surface area contributed by atoms with Crippen molar-refractivity contribution in [2.45, 2.75) is 26.2 Å². The predicted octanol–water partition coefficient (Wildman–Crippen LogP) is 1.36. The number of unbranched alkanes of at least 4 members (excludes halogenated alkanes) is 1. The van der Waals surface area contributed by atoms with Gasteiger partial charge in [0.15, 0.2) is 12.4 Å². The molecule has 1 rings (SSSR count). The smallest absolute Gasteiger partial charge is 0.261 e. The van der Waals surface area contributed by atoms with Gasteiger partial charge in [-0.1, -0.05) is 13.3 Å². The van der Waals surface area contributed by atoms with Crippen LogP contribution in [-0.2, 0) is 23.6 Å². The van der Waals surface area contributed by atoms with E-state index >= 15 is 0 Å². The highest BCUT2D eigenvalue weighted by atomic mass is 32.2. The van der Waals surface area contributed by atoms with Crippen LogP contribution in [0, 0.1) is 0 Å². The number of hydrogen-bond acceptors (Lipinski definition) is 2. The van der Waals surface area contributed by atoms with Crippen LogP contribution in [0.3, 0.4) is 0 Å². The van der Waals surface area contributed by atoms with Gasteiger partial charge in [-0.15, -0.1) is 0 Å². The van der Waals surface area contributed by atoms with E-state index in [1.807, 2.05) is 7.05 Å². The van der Waals surface area contributed by atoms with E-state index in [-0.39, 0.29) is 0 Å². The third kappa shape index (κ3) is 11.1. The second kappa shape index (κ2) is 7.35. The Bertz CT molecular complexity index is 376. The third-order valence-corrected chi connectivity index (χ3v) is 1.87. The van der Waals surface area contributed by atoms with Gasteiger partial charge in [-0.3, -0.25) is 4.55 Å². The van der Waals surface area contributed by atoms with E-state index in [1.54, 1.807) is 0 Å². The van der Waals surface area contributed by atoms with Crippen molar-refractivity contribution in [3.8, 4) is 0 Å². The zero-order valence-electron chi connectivity index (χ0n) is 10.0. The maximum Gasteiger partial charge on any atom is 0.261 e. The first-order valence-electron chi connectivity index (χ1n) is 5.19. The van der Waals surface area contributed by atoms with Crippen LogP contribution < -0.4 is 4.57 Å². The molecule has 0 aliphatic carbocycles. The van der Waals surface area contributed by atoms with Crippen LogP contribution in [0.15, 0.2) is 24.5 Å². The number of pyridine rings is 1. The molecule has 0 saturated heterocycles. The number of hydrogen-bond donors (Lipinski definition) is 1. The molecule has 0 bridgehead atoms. The molecule has 92 valence electrons. The molecule has 0 radical (unpaired) electrons. The largest absolute Gasteiger partial charge is 0.286 e. The normalized spacial score (nSPS) is 10.5. The summed E-state index contributed by atoms with van der Waals surface area (Å²) < 4.78 is 27.9. The van der Waals surface area contributed by atoms with Crippen LogP contribution >= 0.6 is 0 Å². The lowest BCUT2D eigenvalue weighted by molar-refractivity contribution is -0.671. The van der Waals surface area contributed by atoms with E-state index in [1.165, 1.54) is 24.8 Å². The Morgan fingerprint density at radius 1 is 1.31 bits per heavy atom. The van der Waals surface area contributed by atoms with E-state index in [0.29, 0.717) is 6.26 Å². The van der Waals surface area contributed by atoms with Crippen LogP contribution in [0.1, 0.15) is 25.3 Å². The van der Waals surface area contributed by atoms with Gasteiger partial charge in [0, 0.05) is 12.1 Å². The molecule has 0 aromatic carbocycles. The minimum absolute atomic E-state index is 0.715. The quantitative estimate of drug-likeness (QED) is 0.647. The Balaban J connectivity index is 0.000000385. The minimum atomic E-state index is -3.67. The van der Waals surface area contributed by atoms with Crippen LogP contribution in [0.2, 0.25) is 0 Å².